The molecular formula is C19H22N2O6. The summed E-state index contributed by atoms with van der Waals surface area (Å²) in [6.45, 7) is 1.93. The fraction of sp³-hybridized carbons (Fsp3) is 0.263. The van der Waals surface area contributed by atoms with E-state index in [9.17, 15) is 9.59 Å². The van der Waals surface area contributed by atoms with E-state index in [2.05, 4.69) is 5.32 Å². The van der Waals surface area contributed by atoms with E-state index in [-0.39, 0.29) is 24.5 Å². The molecular weight excluding hydrogens is 352 g/mol. The number of ether oxygens (including phenoxy) is 4. The first-order chi connectivity index (χ1) is 13.0. The standard InChI is InChI=1S/C19H22N2O6/c1-4-26-18(22)14-9-16(24-2)17(25-3)10-15(14)21-19(23)27-11-12-5-7-13(20)8-6-12/h5-10H,4,11,20H2,1-3H3,(H,21,23). The fourth-order valence-electron chi connectivity index (χ4n) is 2.27. The molecule has 0 saturated carbocycles. The van der Waals surface area contributed by atoms with Gasteiger partial charge < -0.3 is 24.7 Å². The van der Waals surface area contributed by atoms with Gasteiger partial charge in [0.2, 0.25) is 0 Å². The third-order valence-corrected chi connectivity index (χ3v) is 3.61. The molecule has 0 atom stereocenters. The Balaban J connectivity index is 2.17. The second-order valence-electron chi connectivity index (χ2n) is 5.42. The van der Waals surface area contributed by atoms with Crippen LogP contribution in [0.15, 0.2) is 36.4 Å². The van der Waals surface area contributed by atoms with E-state index in [0.29, 0.717) is 17.2 Å². The summed E-state index contributed by atoms with van der Waals surface area (Å²) in [6.07, 6.45) is -0.732. The smallest absolute Gasteiger partial charge is 0.411 e. The van der Waals surface area contributed by atoms with Gasteiger partial charge in [0.1, 0.15) is 6.61 Å². The highest BCUT2D eigenvalue weighted by Crippen LogP contribution is 2.34. The molecule has 0 bridgehead atoms. The molecule has 3 N–H and O–H groups in total. The lowest BCUT2D eigenvalue weighted by Crippen LogP contribution is -2.17. The molecule has 27 heavy (non-hydrogen) atoms. The molecule has 0 saturated heterocycles. The van der Waals surface area contributed by atoms with Crippen LogP contribution < -0.4 is 20.5 Å². The first-order valence-corrected chi connectivity index (χ1v) is 8.19. The highest BCUT2D eigenvalue weighted by Gasteiger charge is 2.20. The van der Waals surface area contributed by atoms with E-state index < -0.39 is 12.1 Å². The molecule has 8 nitrogen and oxygen atoms in total. The first kappa shape index (κ1) is 19.9. The maximum absolute atomic E-state index is 12.2. The third-order valence-electron chi connectivity index (χ3n) is 3.61. The normalized spacial score (nSPS) is 10.0. The van der Waals surface area contributed by atoms with Crippen LogP contribution in [0, 0.1) is 0 Å². The Bertz CT molecular complexity index is 805. The van der Waals surface area contributed by atoms with Gasteiger partial charge in [0.25, 0.3) is 0 Å². The summed E-state index contributed by atoms with van der Waals surface area (Å²) in [5.74, 6) is 0.0769. The second-order valence-corrected chi connectivity index (χ2v) is 5.42. The molecule has 8 heteroatoms. The zero-order chi connectivity index (χ0) is 19.8. The summed E-state index contributed by atoms with van der Waals surface area (Å²) < 4.78 is 20.6. The van der Waals surface area contributed by atoms with E-state index in [1.807, 2.05) is 0 Å². The van der Waals surface area contributed by atoms with Crippen LogP contribution in [-0.2, 0) is 16.1 Å². The SMILES string of the molecule is CCOC(=O)c1cc(OC)c(OC)cc1NC(=O)OCc1ccc(N)cc1. The van der Waals surface area contributed by atoms with Gasteiger partial charge in [-0.05, 0) is 24.6 Å². The Labute approximate surface area is 157 Å². The second kappa shape index (κ2) is 9.33. The minimum Gasteiger partial charge on any atom is -0.493 e. The number of carbonyl (C=O) groups is 2. The van der Waals surface area contributed by atoms with Crippen LogP contribution in [0.1, 0.15) is 22.8 Å². The highest BCUT2D eigenvalue weighted by molar-refractivity contribution is 6.00. The van der Waals surface area contributed by atoms with Crippen molar-refractivity contribution in [2.75, 3.05) is 31.9 Å². The minimum absolute atomic E-state index is 0.0497. The van der Waals surface area contributed by atoms with Gasteiger partial charge in [-0.2, -0.15) is 0 Å². The van der Waals surface area contributed by atoms with Crippen LogP contribution in [-0.4, -0.2) is 32.9 Å². The van der Waals surface area contributed by atoms with Crippen molar-refractivity contribution in [2.24, 2.45) is 0 Å². The van der Waals surface area contributed by atoms with Gasteiger partial charge in [-0.1, -0.05) is 12.1 Å². The number of hydrogen-bond acceptors (Lipinski definition) is 7. The molecule has 0 aliphatic heterocycles. The van der Waals surface area contributed by atoms with Crippen LogP contribution in [0.4, 0.5) is 16.2 Å². The Kier molecular flexibility index (Phi) is 6.87. The molecule has 0 spiro atoms. The van der Waals surface area contributed by atoms with E-state index in [4.69, 9.17) is 24.7 Å². The van der Waals surface area contributed by atoms with Crippen LogP contribution in [0.25, 0.3) is 0 Å². The van der Waals surface area contributed by atoms with Gasteiger partial charge in [0.05, 0.1) is 32.1 Å². The Morgan fingerprint density at radius 3 is 2.22 bits per heavy atom. The number of methoxy groups -OCH3 is 2. The fourth-order valence-corrected chi connectivity index (χ4v) is 2.27. The van der Waals surface area contributed by atoms with E-state index >= 15 is 0 Å². The Morgan fingerprint density at radius 1 is 1.00 bits per heavy atom. The number of nitrogens with two attached hydrogens (primary N) is 1. The van der Waals surface area contributed by atoms with Crippen molar-refractivity contribution in [2.45, 2.75) is 13.5 Å². The molecule has 0 radical (unpaired) electrons. The van der Waals surface area contributed by atoms with Crippen molar-refractivity contribution in [1.82, 2.24) is 0 Å². The predicted molar refractivity (Wildman–Crippen MR) is 100 cm³/mol. The Hall–Kier alpha value is -3.42. The predicted octanol–water partition coefficient (Wildman–Crippen LogP) is 3.21. The van der Waals surface area contributed by atoms with Crippen LogP contribution in [0.3, 0.4) is 0 Å². The van der Waals surface area contributed by atoms with Gasteiger partial charge in [-0.25, -0.2) is 9.59 Å². The van der Waals surface area contributed by atoms with E-state index in [0.717, 1.165) is 5.56 Å². The van der Waals surface area contributed by atoms with E-state index in [1.54, 1.807) is 31.2 Å². The third kappa shape index (κ3) is 5.27. The summed E-state index contributed by atoms with van der Waals surface area (Å²) >= 11 is 0. The number of hydrogen-bond donors (Lipinski definition) is 2. The van der Waals surface area contributed by atoms with Crippen LogP contribution in [0.5, 0.6) is 11.5 Å². The highest BCUT2D eigenvalue weighted by atomic mass is 16.5. The zero-order valence-electron chi connectivity index (χ0n) is 15.4. The number of rotatable bonds is 7. The minimum atomic E-state index is -0.732. The summed E-state index contributed by atoms with van der Waals surface area (Å²) in [5.41, 5.74) is 7.33. The van der Waals surface area contributed by atoms with Crippen molar-refractivity contribution in [3.63, 3.8) is 0 Å². The molecule has 144 valence electrons. The number of benzene rings is 2. The largest absolute Gasteiger partial charge is 0.493 e. The molecule has 0 aromatic heterocycles. The van der Waals surface area contributed by atoms with Crippen LogP contribution in [0.2, 0.25) is 0 Å². The van der Waals surface area contributed by atoms with Gasteiger partial charge in [-0.15, -0.1) is 0 Å². The molecule has 0 unspecified atom stereocenters. The lowest BCUT2D eigenvalue weighted by atomic mass is 10.1. The van der Waals surface area contributed by atoms with Gasteiger partial charge in [0.15, 0.2) is 11.5 Å². The molecule has 0 heterocycles. The van der Waals surface area contributed by atoms with Crippen molar-refractivity contribution in [3.8, 4) is 11.5 Å². The summed E-state index contributed by atoms with van der Waals surface area (Å²) in [7, 11) is 2.89. The average Bonchev–Trinajstić information content (AvgIpc) is 2.67. The molecule has 0 aliphatic carbocycles. The molecule has 2 aromatic carbocycles. The number of carbonyl (C=O) groups excluding carboxylic acids is 2. The lowest BCUT2D eigenvalue weighted by Gasteiger charge is -2.15. The number of anilines is 2. The van der Waals surface area contributed by atoms with Crippen molar-refractivity contribution in [3.05, 3.63) is 47.5 Å². The van der Waals surface area contributed by atoms with Gasteiger partial charge in [-0.3, -0.25) is 5.32 Å². The van der Waals surface area contributed by atoms with Gasteiger partial charge >= 0.3 is 12.1 Å². The maximum atomic E-state index is 12.2. The lowest BCUT2D eigenvalue weighted by molar-refractivity contribution is 0.0527. The monoisotopic (exact) mass is 374 g/mol. The maximum Gasteiger partial charge on any atom is 0.411 e. The molecule has 0 fully saturated rings. The van der Waals surface area contributed by atoms with E-state index in [1.165, 1.54) is 26.4 Å². The molecule has 2 aromatic rings. The Morgan fingerprint density at radius 2 is 1.63 bits per heavy atom. The molecule has 2 rings (SSSR count). The summed E-state index contributed by atoms with van der Waals surface area (Å²) in [6, 6.07) is 9.84. The topological polar surface area (TPSA) is 109 Å². The molecule has 1 amide bonds. The quantitative estimate of drug-likeness (QED) is 0.566. The number of esters is 1. The number of amides is 1. The summed E-state index contributed by atoms with van der Waals surface area (Å²) in [4.78, 5) is 24.4. The van der Waals surface area contributed by atoms with Crippen molar-refractivity contribution >= 4 is 23.4 Å². The molecule has 0 aliphatic rings. The first-order valence-electron chi connectivity index (χ1n) is 8.19. The zero-order valence-corrected chi connectivity index (χ0v) is 15.4. The van der Waals surface area contributed by atoms with Crippen molar-refractivity contribution in [1.29, 1.82) is 0 Å². The summed E-state index contributed by atoms with van der Waals surface area (Å²) in [5, 5.41) is 2.54. The number of nitrogens with one attached hydrogen (secondary N) is 1. The van der Waals surface area contributed by atoms with Crippen LogP contribution >= 0.6 is 0 Å². The van der Waals surface area contributed by atoms with Gasteiger partial charge in [0, 0.05) is 17.8 Å². The van der Waals surface area contributed by atoms with Crippen molar-refractivity contribution < 1.29 is 28.5 Å². The average molecular weight is 374 g/mol. The number of nitrogen functional groups attached to an aromatic ring is 1.